The number of nitrogens with zero attached hydrogens (tertiary/aromatic N) is 2. The van der Waals surface area contributed by atoms with Crippen LogP contribution in [-0.2, 0) is 6.54 Å². The fraction of sp³-hybridized carbons (Fsp3) is 0.250. The van der Waals surface area contributed by atoms with Crippen molar-refractivity contribution in [3.8, 4) is 11.5 Å². The van der Waals surface area contributed by atoms with Crippen molar-refractivity contribution in [2.75, 3.05) is 13.2 Å². The second-order valence-corrected chi connectivity index (χ2v) is 5.25. The maximum Gasteiger partial charge on any atom is 0.285 e. The molecule has 1 aromatic carbocycles. The van der Waals surface area contributed by atoms with Crippen LogP contribution < -0.4 is 15.0 Å². The van der Waals surface area contributed by atoms with Gasteiger partial charge in [-0.25, -0.2) is 0 Å². The molecule has 0 amide bonds. The molecule has 0 unspecified atom stereocenters. The van der Waals surface area contributed by atoms with Gasteiger partial charge in [-0.3, -0.25) is 19.7 Å². The first-order valence-electron chi connectivity index (χ1n) is 7.32. The number of fused-ring (bicyclic) bond motifs is 1. The number of benzene rings is 1. The standard InChI is InChI=1S/C16H14N2O6/c19-13(10-17-9-12(18(21)22)3-5-16(17)20)11-2-4-14-15(8-11)24-7-1-6-23-14/h2-5,8-9H,1,6-7,10H2. The van der Waals surface area contributed by atoms with E-state index < -0.39 is 10.5 Å². The van der Waals surface area contributed by atoms with Crippen molar-refractivity contribution >= 4 is 11.5 Å². The number of carbonyl (C=O) groups excluding carboxylic acids is 1. The Kier molecular flexibility index (Phi) is 4.28. The molecule has 0 N–H and O–H groups in total. The van der Waals surface area contributed by atoms with Gasteiger partial charge in [0, 0.05) is 24.1 Å². The number of aromatic nitrogens is 1. The molecule has 0 fully saturated rings. The van der Waals surface area contributed by atoms with Crippen molar-refractivity contribution in [3.05, 3.63) is 62.6 Å². The Hall–Kier alpha value is -3.16. The van der Waals surface area contributed by atoms with Crippen LogP contribution in [0, 0.1) is 10.1 Å². The Morgan fingerprint density at radius 1 is 1.17 bits per heavy atom. The zero-order valence-electron chi connectivity index (χ0n) is 12.6. The van der Waals surface area contributed by atoms with Gasteiger partial charge in [-0.2, -0.15) is 0 Å². The fourth-order valence-electron chi connectivity index (χ4n) is 2.33. The van der Waals surface area contributed by atoms with Crippen LogP contribution in [0.3, 0.4) is 0 Å². The van der Waals surface area contributed by atoms with Gasteiger partial charge in [0.25, 0.3) is 11.2 Å². The van der Waals surface area contributed by atoms with E-state index in [9.17, 15) is 19.7 Å². The largest absolute Gasteiger partial charge is 0.490 e. The molecule has 1 aliphatic rings. The van der Waals surface area contributed by atoms with Crippen LogP contribution in [0.5, 0.6) is 11.5 Å². The molecule has 2 heterocycles. The molecular weight excluding hydrogens is 316 g/mol. The van der Waals surface area contributed by atoms with Crippen LogP contribution >= 0.6 is 0 Å². The predicted molar refractivity (Wildman–Crippen MR) is 83.7 cm³/mol. The van der Waals surface area contributed by atoms with Crippen molar-refractivity contribution in [2.24, 2.45) is 0 Å². The Labute approximate surface area is 136 Å². The van der Waals surface area contributed by atoms with Crippen LogP contribution in [0.15, 0.2) is 41.3 Å². The lowest BCUT2D eigenvalue weighted by atomic mass is 10.1. The molecule has 0 saturated carbocycles. The zero-order valence-corrected chi connectivity index (χ0v) is 12.6. The molecule has 124 valence electrons. The summed E-state index contributed by atoms with van der Waals surface area (Å²) in [5.41, 5.74) is -0.387. The van der Waals surface area contributed by atoms with Crippen molar-refractivity contribution in [2.45, 2.75) is 13.0 Å². The highest BCUT2D eigenvalue weighted by molar-refractivity contribution is 5.96. The Balaban J connectivity index is 1.85. The second kappa shape index (κ2) is 6.53. The third-order valence-electron chi connectivity index (χ3n) is 3.56. The number of ketones is 1. The highest BCUT2D eigenvalue weighted by Crippen LogP contribution is 2.30. The number of carbonyl (C=O) groups is 1. The number of Topliss-reactive ketones (excluding diaryl/α,β-unsaturated/α-hetero) is 1. The van der Waals surface area contributed by atoms with Crippen molar-refractivity contribution in [1.29, 1.82) is 0 Å². The van der Waals surface area contributed by atoms with E-state index >= 15 is 0 Å². The molecule has 0 saturated heterocycles. The molecule has 0 spiro atoms. The average Bonchev–Trinajstić information content (AvgIpc) is 2.81. The summed E-state index contributed by atoms with van der Waals surface area (Å²) in [7, 11) is 0. The van der Waals surface area contributed by atoms with E-state index in [1.165, 1.54) is 0 Å². The van der Waals surface area contributed by atoms with Gasteiger partial charge in [-0.1, -0.05) is 0 Å². The molecule has 8 nitrogen and oxygen atoms in total. The van der Waals surface area contributed by atoms with Gasteiger partial charge < -0.3 is 14.0 Å². The summed E-state index contributed by atoms with van der Waals surface area (Å²) in [5.74, 6) is 0.689. The number of nitro groups is 1. The van der Waals surface area contributed by atoms with E-state index in [2.05, 4.69) is 0 Å². The van der Waals surface area contributed by atoms with Crippen LogP contribution in [0.25, 0.3) is 0 Å². The maximum absolute atomic E-state index is 12.4. The van der Waals surface area contributed by atoms with Crippen LogP contribution in [0.1, 0.15) is 16.8 Å². The minimum absolute atomic E-state index is 0.249. The Bertz CT molecular complexity index is 858. The van der Waals surface area contributed by atoms with Gasteiger partial charge in [0.05, 0.1) is 30.9 Å². The van der Waals surface area contributed by atoms with E-state index in [-0.39, 0.29) is 18.0 Å². The van der Waals surface area contributed by atoms with E-state index in [0.29, 0.717) is 30.3 Å². The molecule has 8 heteroatoms. The van der Waals surface area contributed by atoms with Gasteiger partial charge in [0.1, 0.15) is 0 Å². The highest BCUT2D eigenvalue weighted by atomic mass is 16.6. The summed E-state index contributed by atoms with van der Waals surface area (Å²) in [5, 5.41) is 10.8. The van der Waals surface area contributed by atoms with Gasteiger partial charge in [0.2, 0.25) is 0 Å². The highest BCUT2D eigenvalue weighted by Gasteiger charge is 2.16. The Morgan fingerprint density at radius 2 is 1.92 bits per heavy atom. The Morgan fingerprint density at radius 3 is 2.67 bits per heavy atom. The summed E-state index contributed by atoms with van der Waals surface area (Å²) in [4.78, 5) is 34.3. The van der Waals surface area contributed by atoms with Crippen LogP contribution in [0.4, 0.5) is 5.69 Å². The SMILES string of the molecule is O=C(Cn1cc([N+](=O)[O-])ccc1=O)c1ccc2c(c1)OCCCO2. The molecule has 1 aliphatic heterocycles. The summed E-state index contributed by atoms with van der Waals surface area (Å²) in [6.07, 6.45) is 1.81. The molecule has 0 bridgehead atoms. The van der Waals surface area contributed by atoms with Crippen molar-refractivity contribution in [3.63, 3.8) is 0 Å². The molecular formula is C16H14N2O6. The molecule has 1 aromatic heterocycles. The number of hydrogen-bond donors (Lipinski definition) is 0. The normalized spacial score (nSPS) is 13.2. The van der Waals surface area contributed by atoms with Crippen LogP contribution in [0.2, 0.25) is 0 Å². The minimum Gasteiger partial charge on any atom is -0.490 e. The van der Waals surface area contributed by atoms with E-state index in [0.717, 1.165) is 29.3 Å². The minimum atomic E-state index is -0.617. The monoisotopic (exact) mass is 330 g/mol. The summed E-state index contributed by atoms with van der Waals surface area (Å²) in [6, 6.07) is 6.96. The van der Waals surface area contributed by atoms with E-state index in [1.807, 2.05) is 0 Å². The molecule has 3 rings (SSSR count). The predicted octanol–water partition coefficient (Wildman–Crippen LogP) is 1.80. The first-order valence-corrected chi connectivity index (χ1v) is 7.32. The molecule has 0 aliphatic carbocycles. The number of ether oxygens (including phenoxy) is 2. The quantitative estimate of drug-likeness (QED) is 0.481. The lowest BCUT2D eigenvalue weighted by Gasteiger charge is -2.09. The van der Waals surface area contributed by atoms with Gasteiger partial charge in [0.15, 0.2) is 17.3 Å². The number of hydrogen-bond acceptors (Lipinski definition) is 6. The molecule has 2 aromatic rings. The molecule has 0 atom stereocenters. The zero-order chi connectivity index (χ0) is 17.1. The lowest BCUT2D eigenvalue weighted by Crippen LogP contribution is -2.23. The smallest absolute Gasteiger partial charge is 0.285 e. The average molecular weight is 330 g/mol. The second-order valence-electron chi connectivity index (χ2n) is 5.25. The first kappa shape index (κ1) is 15.7. The van der Waals surface area contributed by atoms with Gasteiger partial charge in [-0.15, -0.1) is 0 Å². The number of pyridine rings is 1. The lowest BCUT2D eigenvalue weighted by molar-refractivity contribution is -0.385. The number of rotatable bonds is 4. The van der Waals surface area contributed by atoms with Gasteiger partial charge >= 0.3 is 0 Å². The topological polar surface area (TPSA) is 101 Å². The third kappa shape index (κ3) is 3.27. The summed E-state index contributed by atoms with van der Waals surface area (Å²) in [6.45, 7) is 0.749. The maximum atomic E-state index is 12.4. The van der Waals surface area contributed by atoms with Crippen molar-refractivity contribution in [1.82, 2.24) is 4.57 Å². The van der Waals surface area contributed by atoms with Crippen LogP contribution in [-0.4, -0.2) is 28.5 Å². The summed E-state index contributed by atoms with van der Waals surface area (Å²) < 4.78 is 12.0. The third-order valence-corrected chi connectivity index (χ3v) is 3.56. The molecule has 24 heavy (non-hydrogen) atoms. The summed E-state index contributed by atoms with van der Waals surface area (Å²) >= 11 is 0. The molecule has 0 radical (unpaired) electrons. The van der Waals surface area contributed by atoms with E-state index in [1.54, 1.807) is 18.2 Å². The van der Waals surface area contributed by atoms with Crippen molar-refractivity contribution < 1.29 is 19.2 Å². The van der Waals surface area contributed by atoms with Gasteiger partial charge in [-0.05, 0) is 18.2 Å². The van der Waals surface area contributed by atoms with E-state index in [4.69, 9.17) is 9.47 Å². The fourth-order valence-corrected chi connectivity index (χ4v) is 2.33. The first-order chi connectivity index (χ1) is 11.5.